The van der Waals surface area contributed by atoms with Crippen LogP contribution < -0.4 is 4.74 Å². The van der Waals surface area contributed by atoms with Crippen LogP contribution in [0.25, 0.3) is 22.3 Å². The van der Waals surface area contributed by atoms with Gasteiger partial charge in [0.25, 0.3) is 0 Å². The topological polar surface area (TPSA) is 9.23 Å². The molecular weight excluding hydrogens is 452 g/mol. The number of benzene rings is 4. The van der Waals surface area contributed by atoms with Gasteiger partial charge in [0.1, 0.15) is 12.4 Å². The van der Waals surface area contributed by atoms with Gasteiger partial charge in [0, 0.05) is 16.7 Å². The first kappa shape index (κ1) is 24.5. The number of ether oxygens (including phenoxy) is 1. The van der Waals surface area contributed by atoms with Crippen molar-refractivity contribution in [3.63, 3.8) is 0 Å². The fourth-order valence-electron chi connectivity index (χ4n) is 4.04. The maximum absolute atomic E-state index is 15.0. The van der Waals surface area contributed by atoms with Crippen molar-refractivity contribution in [1.29, 1.82) is 0 Å². The summed E-state index contributed by atoms with van der Waals surface area (Å²) in [6.45, 7) is 3.69. The molecule has 0 aromatic heterocycles. The Hall–Kier alpha value is -3.60. The lowest BCUT2D eigenvalue weighted by atomic mass is 9.97. The summed E-state index contributed by atoms with van der Waals surface area (Å²) in [5.41, 5.74) is 3.00. The van der Waals surface area contributed by atoms with Crippen LogP contribution in [0.1, 0.15) is 37.0 Å². The smallest absolute Gasteiger partial charge is 0.167 e. The van der Waals surface area contributed by atoms with Crippen molar-refractivity contribution < 1.29 is 22.3 Å². The van der Waals surface area contributed by atoms with Crippen LogP contribution in [0.4, 0.5) is 17.6 Å². The molecule has 0 saturated heterocycles. The minimum Gasteiger partial charge on any atom is -0.489 e. The maximum Gasteiger partial charge on any atom is 0.167 e. The zero-order valence-electron chi connectivity index (χ0n) is 19.7. The van der Waals surface area contributed by atoms with Crippen molar-refractivity contribution in [2.75, 3.05) is 0 Å². The summed E-state index contributed by atoms with van der Waals surface area (Å²) in [7, 11) is 0. The van der Waals surface area contributed by atoms with Crippen LogP contribution in [0, 0.1) is 23.3 Å². The first-order chi connectivity index (χ1) is 16.9. The molecule has 0 unspecified atom stereocenters. The second-order valence-corrected chi connectivity index (χ2v) is 8.41. The molecule has 1 nitrogen and oxygen atoms in total. The predicted octanol–water partition coefficient (Wildman–Crippen LogP) is 8.67. The van der Waals surface area contributed by atoms with Gasteiger partial charge in [0.05, 0.1) is 0 Å². The Kier molecular flexibility index (Phi) is 7.54. The number of aryl methyl sites for hydroxylation is 2. The molecule has 0 bridgehead atoms. The third kappa shape index (κ3) is 5.24. The van der Waals surface area contributed by atoms with Crippen LogP contribution in [0.2, 0.25) is 0 Å². The lowest BCUT2D eigenvalue weighted by Crippen LogP contribution is -2.03. The highest BCUT2D eigenvalue weighted by atomic mass is 19.2. The van der Waals surface area contributed by atoms with E-state index in [0.29, 0.717) is 28.9 Å². The fourth-order valence-corrected chi connectivity index (χ4v) is 4.04. The van der Waals surface area contributed by atoms with E-state index in [1.807, 2.05) is 12.1 Å². The van der Waals surface area contributed by atoms with E-state index in [1.54, 1.807) is 61.5 Å². The minimum absolute atomic E-state index is 0.107. The Bertz CT molecular complexity index is 1310. The summed E-state index contributed by atoms with van der Waals surface area (Å²) in [6, 6.07) is 20.0. The standard InChI is InChI=1S/C30H26F4O/c1-3-5-19-6-8-21(9-7-19)25-16-17-26(30(34)29(25)33)22-12-14-24(15-13-22)35-18-23-11-10-20(4-2)27(31)28(23)32/h6-17H,3-5,18H2,1-2H3. The summed E-state index contributed by atoms with van der Waals surface area (Å²) in [5, 5.41) is 0. The first-order valence-electron chi connectivity index (χ1n) is 11.7. The van der Waals surface area contributed by atoms with E-state index in [-0.39, 0.29) is 23.3 Å². The molecule has 0 fully saturated rings. The molecule has 4 aromatic rings. The summed E-state index contributed by atoms with van der Waals surface area (Å²) in [5.74, 6) is -3.21. The summed E-state index contributed by atoms with van der Waals surface area (Å²) >= 11 is 0. The zero-order valence-corrected chi connectivity index (χ0v) is 19.7. The lowest BCUT2D eigenvalue weighted by Gasteiger charge is -2.12. The highest BCUT2D eigenvalue weighted by molar-refractivity contribution is 5.72. The predicted molar refractivity (Wildman–Crippen MR) is 131 cm³/mol. The molecule has 0 aliphatic rings. The van der Waals surface area contributed by atoms with Crippen LogP contribution in [0.3, 0.4) is 0 Å². The van der Waals surface area contributed by atoms with Crippen LogP contribution in [-0.2, 0) is 19.4 Å². The van der Waals surface area contributed by atoms with Crippen molar-refractivity contribution in [2.45, 2.75) is 39.7 Å². The van der Waals surface area contributed by atoms with Gasteiger partial charge in [-0.3, -0.25) is 0 Å². The molecule has 0 N–H and O–H groups in total. The van der Waals surface area contributed by atoms with Crippen LogP contribution in [0.5, 0.6) is 5.75 Å². The van der Waals surface area contributed by atoms with Gasteiger partial charge in [0.15, 0.2) is 23.3 Å². The molecule has 0 spiro atoms. The van der Waals surface area contributed by atoms with E-state index in [4.69, 9.17) is 4.74 Å². The van der Waals surface area contributed by atoms with Crippen LogP contribution in [0.15, 0.2) is 72.8 Å². The van der Waals surface area contributed by atoms with Gasteiger partial charge in [-0.2, -0.15) is 0 Å². The normalized spacial score (nSPS) is 11.0. The van der Waals surface area contributed by atoms with E-state index in [1.165, 1.54) is 6.07 Å². The summed E-state index contributed by atoms with van der Waals surface area (Å²) in [6.07, 6.45) is 2.35. The second kappa shape index (κ2) is 10.8. The van der Waals surface area contributed by atoms with Crippen LogP contribution in [-0.4, -0.2) is 0 Å². The van der Waals surface area contributed by atoms with Crippen molar-refractivity contribution in [3.05, 3.63) is 113 Å². The van der Waals surface area contributed by atoms with Crippen molar-refractivity contribution >= 4 is 0 Å². The quantitative estimate of drug-likeness (QED) is 0.230. The SMILES string of the molecule is CCCc1ccc(-c2ccc(-c3ccc(OCc4ccc(CC)c(F)c4F)cc3)c(F)c2F)cc1. The summed E-state index contributed by atoms with van der Waals surface area (Å²) in [4.78, 5) is 0. The van der Waals surface area contributed by atoms with Crippen molar-refractivity contribution in [2.24, 2.45) is 0 Å². The molecule has 180 valence electrons. The molecular formula is C30H26F4O. The lowest BCUT2D eigenvalue weighted by molar-refractivity contribution is 0.297. The average Bonchev–Trinajstić information content (AvgIpc) is 2.88. The molecule has 35 heavy (non-hydrogen) atoms. The van der Waals surface area contributed by atoms with Gasteiger partial charge >= 0.3 is 0 Å². The largest absolute Gasteiger partial charge is 0.489 e. The summed E-state index contributed by atoms with van der Waals surface area (Å²) < 4.78 is 63.7. The molecule has 0 atom stereocenters. The Labute approximate surface area is 203 Å². The Morgan fingerprint density at radius 1 is 0.571 bits per heavy atom. The van der Waals surface area contributed by atoms with E-state index in [0.717, 1.165) is 18.4 Å². The van der Waals surface area contributed by atoms with Gasteiger partial charge in [-0.1, -0.05) is 80.9 Å². The van der Waals surface area contributed by atoms with E-state index < -0.39 is 23.3 Å². The third-order valence-electron chi connectivity index (χ3n) is 6.07. The van der Waals surface area contributed by atoms with Gasteiger partial charge in [-0.05, 0) is 47.2 Å². The van der Waals surface area contributed by atoms with Gasteiger partial charge in [-0.25, -0.2) is 17.6 Å². The molecule has 4 aromatic carbocycles. The van der Waals surface area contributed by atoms with E-state index >= 15 is 0 Å². The Morgan fingerprint density at radius 3 is 1.63 bits per heavy atom. The molecule has 0 radical (unpaired) electrons. The number of halogens is 4. The molecule has 5 heteroatoms. The van der Waals surface area contributed by atoms with Gasteiger partial charge in [0.2, 0.25) is 0 Å². The van der Waals surface area contributed by atoms with Gasteiger partial charge in [-0.15, -0.1) is 0 Å². The first-order valence-corrected chi connectivity index (χ1v) is 11.7. The van der Waals surface area contributed by atoms with Gasteiger partial charge < -0.3 is 4.74 Å². The molecule has 0 saturated carbocycles. The van der Waals surface area contributed by atoms with Crippen molar-refractivity contribution in [1.82, 2.24) is 0 Å². The van der Waals surface area contributed by atoms with E-state index in [2.05, 4.69) is 6.92 Å². The Balaban J connectivity index is 1.50. The number of hydrogen-bond donors (Lipinski definition) is 0. The monoisotopic (exact) mass is 478 g/mol. The molecule has 4 rings (SSSR count). The minimum atomic E-state index is -0.928. The molecule has 0 heterocycles. The molecule has 0 aliphatic heterocycles. The highest BCUT2D eigenvalue weighted by Gasteiger charge is 2.17. The molecule has 0 aliphatic carbocycles. The highest BCUT2D eigenvalue weighted by Crippen LogP contribution is 2.32. The maximum atomic E-state index is 15.0. The fraction of sp³-hybridized carbons (Fsp3) is 0.200. The number of hydrogen-bond acceptors (Lipinski definition) is 1. The second-order valence-electron chi connectivity index (χ2n) is 8.41. The van der Waals surface area contributed by atoms with Crippen LogP contribution >= 0.6 is 0 Å². The molecule has 0 amide bonds. The van der Waals surface area contributed by atoms with E-state index in [9.17, 15) is 17.6 Å². The number of rotatable bonds is 8. The Morgan fingerprint density at radius 2 is 1.09 bits per heavy atom. The average molecular weight is 479 g/mol. The third-order valence-corrected chi connectivity index (χ3v) is 6.07. The zero-order chi connectivity index (χ0) is 24.9. The van der Waals surface area contributed by atoms with Crippen molar-refractivity contribution in [3.8, 4) is 28.0 Å².